The highest BCUT2D eigenvalue weighted by atomic mass is 16.5. The molecule has 0 spiro atoms. The Morgan fingerprint density at radius 1 is 1.10 bits per heavy atom. The van der Waals surface area contributed by atoms with Gasteiger partial charge in [0.25, 0.3) is 0 Å². The number of aromatic nitrogens is 1. The summed E-state index contributed by atoms with van der Waals surface area (Å²) < 4.78 is 13.3. The minimum Gasteiger partial charge on any atom is -0.497 e. The quantitative estimate of drug-likeness (QED) is 0.529. The van der Waals surface area contributed by atoms with Crippen molar-refractivity contribution >= 4 is 11.5 Å². The van der Waals surface area contributed by atoms with E-state index in [0.29, 0.717) is 17.7 Å². The zero-order chi connectivity index (χ0) is 22.0. The van der Waals surface area contributed by atoms with Crippen LogP contribution in [0.2, 0.25) is 0 Å². The molecule has 0 radical (unpaired) electrons. The summed E-state index contributed by atoms with van der Waals surface area (Å²) in [5.74, 6) is -0.145. The molecular weight excluding hydrogens is 366 g/mol. The molecule has 0 fully saturated rings. The number of ether oxygens (including phenoxy) is 2. The van der Waals surface area contributed by atoms with Crippen molar-refractivity contribution in [3.63, 3.8) is 0 Å². The normalized spacial score (nSPS) is 11.0. The number of carboxylic acid groups (broad SMARTS) is 1. The Bertz CT molecular complexity index is 914. The highest BCUT2D eigenvalue weighted by molar-refractivity contribution is 5.91. The summed E-state index contributed by atoms with van der Waals surface area (Å²) >= 11 is 0. The summed E-state index contributed by atoms with van der Waals surface area (Å²) in [5.41, 5.74) is 3.71. The van der Waals surface area contributed by atoms with E-state index in [4.69, 9.17) is 9.47 Å². The fourth-order valence-electron chi connectivity index (χ4n) is 3.09. The monoisotopic (exact) mass is 399 g/mol. The molecule has 2 heterocycles. The molecule has 5 heteroatoms. The Morgan fingerprint density at radius 3 is 2.41 bits per heavy atom. The first-order valence-corrected chi connectivity index (χ1v) is 10.1. The SMILES string of the molecule is CC.CC.COc1cccc(COC(C)c2c(C)c(C(=O)O)cc3cccn23)c1. The average molecular weight is 400 g/mol. The molecule has 1 N–H and O–H groups in total. The molecule has 29 heavy (non-hydrogen) atoms. The maximum atomic E-state index is 11.5. The first-order chi connectivity index (χ1) is 14.0. The second kappa shape index (κ2) is 11.9. The standard InChI is InChI=1S/C20H21NO4.2C2H6/c1-13-18(20(22)23)11-16-7-5-9-21(16)19(13)14(2)25-12-15-6-4-8-17(10-15)24-3;2*1-2/h4-11,14H,12H2,1-3H3,(H,22,23);2*1-2H3. The number of carbonyl (C=O) groups is 1. The number of nitrogens with zero attached hydrogens (tertiary/aromatic N) is 1. The van der Waals surface area contributed by atoms with Crippen LogP contribution in [0.5, 0.6) is 5.75 Å². The van der Waals surface area contributed by atoms with Gasteiger partial charge in [0.1, 0.15) is 5.75 Å². The van der Waals surface area contributed by atoms with E-state index in [2.05, 4.69) is 0 Å². The van der Waals surface area contributed by atoms with Crippen LogP contribution in [0.3, 0.4) is 0 Å². The number of hydrogen-bond acceptors (Lipinski definition) is 3. The van der Waals surface area contributed by atoms with Crippen molar-refractivity contribution < 1.29 is 19.4 Å². The van der Waals surface area contributed by atoms with E-state index >= 15 is 0 Å². The third-order valence-electron chi connectivity index (χ3n) is 4.37. The Morgan fingerprint density at radius 2 is 1.79 bits per heavy atom. The van der Waals surface area contributed by atoms with Crippen LogP contribution in [0.1, 0.15) is 67.9 Å². The number of carboxylic acids is 1. The Kier molecular flexibility index (Phi) is 9.97. The van der Waals surface area contributed by atoms with Crippen molar-refractivity contribution in [2.75, 3.05) is 7.11 Å². The molecule has 5 nitrogen and oxygen atoms in total. The number of benzene rings is 1. The van der Waals surface area contributed by atoms with Crippen LogP contribution in [0.15, 0.2) is 48.7 Å². The van der Waals surface area contributed by atoms with Crippen LogP contribution in [-0.4, -0.2) is 22.6 Å². The van der Waals surface area contributed by atoms with Crippen molar-refractivity contribution in [2.45, 2.75) is 54.3 Å². The Labute approximate surface area is 173 Å². The largest absolute Gasteiger partial charge is 0.497 e. The van der Waals surface area contributed by atoms with Crippen molar-refractivity contribution in [1.82, 2.24) is 4.40 Å². The summed E-state index contributed by atoms with van der Waals surface area (Å²) in [5, 5.41) is 9.47. The summed E-state index contributed by atoms with van der Waals surface area (Å²) in [6.45, 7) is 12.2. The van der Waals surface area contributed by atoms with E-state index in [0.717, 1.165) is 22.5 Å². The maximum absolute atomic E-state index is 11.5. The molecule has 0 amide bonds. The van der Waals surface area contributed by atoms with Gasteiger partial charge in [0, 0.05) is 11.7 Å². The fourth-order valence-corrected chi connectivity index (χ4v) is 3.09. The second-order valence-corrected chi connectivity index (χ2v) is 5.98. The van der Waals surface area contributed by atoms with E-state index in [1.54, 1.807) is 13.2 Å². The number of aromatic carboxylic acids is 1. The van der Waals surface area contributed by atoms with Crippen LogP contribution in [0.25, 0.3) is 5.52 Å². The highest BCUT2D eigenvalue weighted by Gasteiger charge is 2.19. The van der Waals surface area contributed by atoms with Gasteiger partial charge in [-0.3, -0.25) is 0 Å². The molecule has 3 rings (SSSR count). The third-order valence-corrected chi connectivity index (χ3v) is 4.37. The highest BCUT2D eigenvalue weighted by Crippen LogP contribution is 2.27. The third kappa shape index (κ3) is 5.84. The summed E-state index contributed by atoms with van der Waals surface area (Å²) in [4.78, 5) is 11.5. The van der Waals surface area contributed by atoms with Gasteiger partial charge in [0.2, 0.25) is 0 Å². The topological polar surface area (TPSA) is 60.2 Å². The molecule has 0 aliphatic rings. The Balaban J connectivity index is 0.000000989. The van der Waals surface area contributed by atoms with Gasteiger partial charge < -0.3 is 19.0 Å². The first-order valence-electron chi connectivity index (χ1n) is 10.1. The van der Waals surface area contributed by atoms with E-state index in [9.17, 15) is 9.90 Å². The van der Waals surface area contributed by atoms with Gasteiger partial charge in [-0.05, 0) is 55.3 Å². The molecule has 3 aromatic rings. The van der Waals surface area contributed by atoms with Gasteiger partial charge >= 0.3 is 5.97 Å². The lowest BCUT2D eigenvalue weighted by Gasteiger charge is -2.20. The smallest absolute Gasteiger partial charge is 0.336 e. The van der Waals surface area contributed by atoms with Gasteiger partial charge in [0.15, 0.2) is 0 Å². The van der Waals surface area contributed by atoms with Crippen molar-refractivity contribution in [1.29, 1.82) is 0 Å². The fraction of sp³-hybridized carbons (Fsp3) is 0.375. The number of rotatable bonds is 6. The van der Waals surface area contributed by atoms with Crippen LogP contribution >= 0.6 is 0 Å². The number of hydrogen-bond donors (Lipinski definition) is 1. The lowest BCUT2D eigenvalue weighted by molar-refractivity contribution is 0.0483. The van der Waals surface area contributed by atoms with Crippen molar-refractivity contribution in [2.24, 2.45) is 0 Å². The minimum absolute atomic E-state index is 0.264. The summed E-state index contributed by atoms with van der Waals surface area (Å²) in [6.07, 6.45) is 1.66. The zero-order valence-electron chi connectivity index (χ0n) is 18.5. The van der Waals surface area contributed by atoms with Gasteiger partial charge in [0.05, 0.1) is 31.1 Å². The minimum atomic E-state index is -0.928. The molecular formula is C24H33NO4. The van der Waals surface area contributed by atoms with Gasteiger partial charge in [-0.2, -0.15) is 0 Å². The van der Waals surface area contributed by atoms with E-state index in [1.807, 2.05) is 88.5 Å². The lowest BCUT2D eigenvalue weighted by atomic mass is 10.0. The Hall–Kier alpha value is -2.79. The molecule has 1 atom stereocenters. The first kappa shape index (κ1) is 24.2. The second-order valence-electron chi connectivity index (χ2n) is 5.98. The van der Waals surface area contributed by atoms with Gasteiger partial charge in [-0.15, -0.1) is 0 Å². The van der Waals surface area contributed by atoms with E-state index in [-0.39, 0.29) is 6.10 Å². The van der Waals surface area contributed by atoms with Gasteiger partial charge in [-0.25, -0.2) is 4.79 Å². The molecule has 2 aromatic heterocycles. The molecule has 1 unspecified atom stereocenters. The van der Waals surface area contributed by atoms with Crippen molar-refractivity contribution in [3.8, 4) is 5.75 Å². The molecule has 0 aliphatic heterocycles. The number of pyridine rings is 1. The molecule has 158 valence electrons. The molecule has 1 aromatic carbocycles. The molecule has 0 saturated carbocycles. The number of fused-ring (bicyclic) bond motifs is 1. The maximum Gasteiger partial charge on any atom is 0.336 e. The molecule has 0 aliphatic carbocycles. The zero-order valence-corrected chi connectivity index (χ0v) is 18.5. The van der Waals surface area contributed by atoms with Crippen LogP contribution in [0, 0.1) is 6.92 Å². The summed E-state index contributed by atoms with van der Waals surface area (Å²) in [6, 6.07) is 13.2. The van der Waals surface area contributed by atoms with E-state index in [1.165, 1.54) is 0 Å². The number of methoxy groups -OCH3 is 1. The van der Waals surface area contributed by atoms with Crippen molar-refractivity contribution in [3.05, 3.63) is 71.0 Å². The van der Waals surface area contributed by atoms with Crippen LogP contribution in [-0.2, 0) is 11.3 Å². The summed E-state index contributed by atoms with van der Waals surface area (Å²) in [7, 11) is 1.63. The van der Waals surface area contributed by atoms with E-state index < -0.39 is 5.97 Å². The lowest BCUT2D eigenvalue weighted by Crippen LogP contribution is -2.12. The van der Waals surface area contributed by atoms with Crippen LogP contribution < -0.4 is 4.74 Å². The van der Waals surface area contributed by atoms with Crippen LogP contribution in [0.4, 0.5) is 0 Å². The molecule has 0 bridgehead atoms. The average Bonchev–Trinajstić information content (AvgIpc) is 3.22. The predicted octanol–water partition coefficient (Wildman–Crippen LogP) is 6.28. The molecule has 0 saturated heterocycles. The van der Waals surface area contributed by atoms with Gasteiger partial charge in [-0.1, -0.05) is 39.8 Å². The predicted molar refractivity (Wildman–Crippen MR) is 118 cm³/mol.